The van der Waals surface area contributed by atoms with Gasteiger partial charge in [-0.05, 0) is 50.9 Å². The van der Waals surface area contributed by atoms with Crippen LogP contribution >= 0.6 is 0 Å². The Kier molecular flexibility index (Phi) is 5.31. The van der Waals surface area contributed by atoms with Crippen molar-refractivity contribution in [2.24, 2.45) is 0 Å². The highest BCUT2D eigenvalue weighted by molar-refractivity contribution is 5.92. The van der Waals surface area contributed by atoms with Gasteiger partial charge >= 0.3 is 0 Å². The molecule has 2 saturated heterocycles. The number of aromatic nitrogens is 1. The molecule has 2 aromatic rings. The van der Waals surface area contributed by atoms with Gasteiger partial charge in [0.05, 0.1) is 12.7 Å². The van der Waals surface area contributed by atoms with E-state index in [2.05, 4.69) is 14.8 Å². The van der Waals surface area contributed by atoms with Gasteiger partial charge in [0.1, 0.15) is 11.3 Å². The summed E-state index contributed by atoms with van der Waals surface area (Å²) in [6.07, 6.45) is 6.34. The van der Waals surface area contributed by atoms with Crippen LogP contribution in [0.2, 0.25) is 0 Å². The quantitative estimate of drug-likeness (QED) is 0.814. The van der Waals surface area contributed by atoms with E-state index in [1.165, 1.54) is 32.0 Å². The monoisotopic (exact) mass is 361 g/mol. The van der Waals surface area contributed by atoms with Crippen LogP contribution in [-0.2, 0) is 4.74 Å². The van der Waals surface area contributed by atoms with E-state index in [0.717, 1.165) is 50.8 Å². The number of halogens is 2. The first-order chi connectivity index (χ1) is 12.7. The number of hydrogen-bond donors (Lipinski definition) is 0. The maximum atomic E-state index is 14.0. The highest BCUT2D eigenvalue weighted by atomic mass is 19.1. The molecule has 0 spiro atoms. The molecule has 4 rings (SSSR count). The average Bonchev–Trinajstić information content (AvgIpc) is 3.15. The zero-order valence-corrected chi connectivity index (χ0v) is 15.0. The summed E-state index contributed by atoms with van der Waals surface area (Å²) in [6.45, 7) is 5.86. The lowest BCUT2D eigenvalue weighted by Gasteiger charge is -2.34. The number of benzene rings is 1. The van der Waals surface area contributed by atoms with Crippen molar-refractivity contribution in [1.29, 1.82) is 0 Å². The van der Waals surface area contributed by atoms with Gasteiger partial charge in [-0.15, -0.1) is 0 Å². The number of rotatable bonds is 5. The van der Waals surface area contributed by atoms with Gasteiger partial charge in [0.15, 0.2) is 5.82 Å². The van der Waals surface area contributed by atoms with Crippen LogP contribution in [0.25, 0.3) is 10.9 Å². The number of fused-ring (bicyclic) bond motifs is 1. The fourth-order valence-corrected chi connectivity index (χ4v) is 4.06. The summed E-state index contributed by atoms with van der Waals surface area (Å²) in [5.41, 5.74) is 1.08. The van der Waals surface area contributed by atoms with Crippen LogP contribution in [0.4, 0.5) is 14.5 Å². The summed E-state index contributed by atoms with van der Waals surface area (Å²) in [4.78, 5) is 8.72. The first kappa shape index (κ1) is 17.6. The Balaban J connectivity index is 1.36. The minimum atomic E-state index is -0.609. The van der Waals surface area contributed by atoms with Gasteiger partial charge in [-0.25, -0.2) is 8.78 Å². The third-order valence-corrected chi connectivity index (χ3v) is 5.48. The van der Waals surface area contributed by atoms with Gasteiger partial charge in [-0.2, -0.15) is 0 Å². The molecule has 2 aliphatic heterocycles. The molecule has 140 valence electrons. The molecule has 0 N–H and O–H groups in total. The lowest BCUT2D eigenvalue weighted by molar-refractivity contribution is 0.0266. The van der Waals surface area contributed by atoms with Gasteiger partial charge in [0.25, 0.3) is 0 Å². The van der Waals surface area contributed by atoms with E-state index in [9.17, 15) is 8.78 Å². The Hall–Kier alpha value is -1.79. The average molecular weight is 361 g/mol. The van der Waals surface area contributed by atoms with E-state index in [1.807, 2.05) is 6.07 Å². The second-order valence-corrected chi connectivity index (χ2v) is 7.22. The first-order valence-corrected chi connectivity index (χ1v) is 9.53. The molecule has 0 radical (unpaired) electrons. The van der Waals surface area contributed by atoms with Gasteiger partial charge in [0.2, 0.25) is 0 Å². The molecule has 2 aliphatic rings. The van der Waals surface area contributed by atoms with Gasteiger partial charge < -0.3 is 14.5 Å². The van der Waals surface area contributed by atoms with E-state index in [4.69, 9.17) is 4.74 Å². The lowest BCUT2D eigenvalue weighted by Crippen LogP contribution is -2.38. The van der Waals surface area contributed by atoms with Crippen molar-refractivity contribution in [2.45, 2.75) is 31.8 Å². The number of ether oxygens (including phenoxy) is 1. The first-order valence-electron chi connectivity index (χ1n) is 9.53. The van der Waals surface area contributed by atoms with Crippen molar-refractivity contribution in [3.05, 3.63) is 36.0 Å². The molecule has 1 aromatic carbocycles. The van der Waals surface area contributed by atoms with E-state index in [0.29, 0.717) is 5.39 Å². The predicted molar refractivity (Wildman–Crippen MR) is 98.5 cm³/mol. The summed E-state index contributed by atoms with van der Waals surface area (Å²) in [5.74, 6) is -1.17. The highest BCUT2D eigenvalue weighted by Crippen LogP contribution is 2.30. The maximum Gasteiger partial charge on any atom is 0.152 e. The number of anilines is 1. The fourth-order valence-electron chi connectivity index (χ4n) is 4.06. The van der Waals surface area contributed by atoms with Gasteiger partial charge in [0, 0.05) is 43.0 Å². The van der Waals surface area contributed by atoms with Crippen LogP contribution in [0.3, 0.4) is 0 Å². The molecule has 2 fully saturated rings. The Morgan fingerprint density at radius 2 is 1.85 bits per heavy atom. The number of hydrogen-bond acceptors (Lipinski definition) is 4. The van der Waals surface area contributed by atoms with Crippen molar-refractivity contribution in [3.63, 3.8) is 0 Å². The Morgan fingerprint density at radius 3 is 2.62 bits per heavy atom. The lowest BCUT2D eigenvalue weighted by atomic mass is 10.1. The Labute approximate surface area is 152 Å². The standard InChI is InChI=1S/C20H25F2N3O/c21-15-13-17-19(3-6-23-20(17)18(22)14-15)25-9-4-16(5-10-25)26-12-11-24-7-1-2-8-24/h3,6,13-14,16H,1-2,4-5,7-12H2. The van der Waals surface area contributed by atoms with E-state index < -0.39 is 11.6 Å². The second-order valence-electron chi connectivity index (χ2n) is 7.22. The number of likely N-dealkylation sites (tertiary alicyclic amines) is 1. The third-order valence-electron chi connectivity index (χ3n) is 5.48. The number of piperidine rings is 1. The molecule has 0 saturated carbocycles. The van der Waals surface area contributed by atoms with Crippen LogP contribution in [0.1, 0.15) is 25.7 Å². The summed E-state index contributed by atoms with van der Waals surface area (Å²) in [5, 5.41) is 0.540. The molecule has 6 heteroatoms. The minimum absolute atomic E-state index is 0.230. The van der Waals surface area contributed by atoms with Crippen LogP contribution in [0.15, 0.2) is 24.4 Å². The molecule has 0 atom stereocenters. The zero-order valence-electron chi connectivity index (χ0n) is 15.0. The molecule has 0 aliphatic carbocycles. The topological polar surface area (TPSA) is 28.6 Å². The van der Waals surface area contributed by atoms with Crippen LogP contribution in [0.5, 0.6) is 0 Å². The van der Waals surface area contributed by atoms with Crippen LogP contribution in [-0.4, -0.2) is 55.3 Å². The molecular weight excluding hydrogens is 336 g/mol. The molecular formula is C20H25F2N3O. The van der Waals surface area contributed by atoms with Crippen molar-refractivity contribution in [1.82, 2.24) is 9.88 Å². The number of nitrogens with zero attached hydrogens (tertiary/aromatic N) is 3. The van der Waals surface area contributed by atoms with Gasteiger partial charge in [-0.3, -0.25) is 4.98 Å². The SMILES string of the molecule is Fc1cc(F)c2nccc(N3CCC(OCCN4CCCC4)CC3)c2c1. The minimum Gasteiger partial charge on any atom is -0.377 e. The highest BCUT2D eigenvalue weighted by Gasteiger charge is 2.22. The van der Waals surface area contributed by atoms with E-state index >= 15 is 0 Å². The summed E-state index contributed by atoms with van der Waals surface area (Å²) in [7, 11) is 0. The largest absolute Gasteiger partial charge is 0.377 e. The maximum absolute atomic E-state index is 14.0. The third kappa shape index (κ3) is 3.81. The molecule has 1 aromatic heterocycles. The summed E-state index contributed by atoms with van der Waals surface area (Å²) < 4.78 is 33.7. The summed E-state index contributed by atoms with van der Waals surface area (Å²) in [6, 6.07) is 4.11. The summed E-state index contributed by atoms with van der Waals surface area (Å²) >= 11 is 0. The van der Waals surface area contributed by atoms with Crippen molar-refractivity contribution in [2.75, 3.05) is 44.2 Å². The van der Waals surface area contributed by atoms with E-state index in [-0.39, 0.29) is 11.6 Å². The number of pyridine rings is 1. The molecule has 0 unspecified atom stereocenters. The normalized spacial score (nSPS) is 19.5. The molecule has 26 heavy (non-hydrogen) atoms. The zero-order chi connectivity index (χ0) is 17.9. The van der Waals surface area contributed by atoms with E-state index in [1.54, 1.807) is 6.20 Å². The van der Waals surface area contributed by atoms with Crippen LogP contribution < -0.4 is 4.90 Å². The second kappa shape index (κ2) is 7.84. The van der Waals surface area contributed by atoms with Crippen molar-refractivity contribution < 1.29 is 13.5 Å². The van der Waals surface area contributed by atoms with Gasteiger partial charge in [-0.1, -0.05) is 0 Å². The van der Waals surface area contributed by atoms with Crippen LogP contribution in [0, 0.1) is 11.6 Å². The smallest absolute Gasteiger partial charge is 0.152 e. The molecule has 0 amide bonds. The molecule has 3 heterocycles. The van der Waals surface area contributed by atoms with Crippen molar-refractivity contribution in [3.8, 4) is 0 Å². The molecule has 4 nitrogen and oxygen atoms in total. The predicted octanol–water partition coefficient (Wildman–Crippen LogP) is 3.59. The fraction of sp³-hybridized carbons (Fsp3) is 0.550. The molecule has 0 bridgehead atoms. The Morgan fingerprint density at radius 1 is 1.08 bits per heavy atom. The Bertz CT molecular complexity index is 756. The van der Waals surface area contributed by atoms with Crippen molar-refractivity contribution >= 4 is 16.6 Å².